The molecule has 4 aromatic rings. The molecule has 1 saturated heterocycles. The van der Waals surface area contributed by atoms with E-state index >= 15 is 0 Å². The summed E-state index contributed by atoms with van der Waals surface area (Å²) in [7, 11) is 0. The van der Waals surface area contributed by atoms with E-state index in [1.165, 1.54) is 6.08 Å². The molecular weight excluding hydrogens is 692 g/mol. The summed E-state index contributed by atoms with van der Waals surface area (Å²) in [6.07, 6.45) is 1.47. The van der Waals surface area contributed by atoms with Crippen LogP contribution < -0.4 is 14.5 Å². The van der Waals surface area contributed by atoms with Gasteiger partial charge in [-0.1, -0.05) is 80.4 Å². The first-order valence-electron chi connectivity index (χ1n) is 11.7. The van der Waals surface area contributed by atoms with Crippen molar-refractivity contribution >= 4 is 83.1 Å². The number of imide groups is 2. The summed E-state index contributed by atoms with van der Waals surface area (Å²) in [5.74, 6) is -1.000. The summed E-state index contributed by atoms with van der Waals surface area (Å²) in [6.45, 7) is 0.260. The molecule has 39 heavy (non-hydrogen) atoms. The third kappa shape index (κ3) is 5.75. The van der Waals surface area contributed by atoms with Crippen molar-refractivity contribution in [3.63, 3.8) is 0 Å². The maximum Gasteiger partial charge on any atom is 0.343 e. The van der Waals surface area contributed by atoms with Crippen molar-refractivity contribution in [2.45, 2.75) is 6.61 Å². The number of rotatable bonds is 6. The fourth-order valence-electron chi connectivity index (χ4n) is 4.07. The number of amides is 4. The topological polar surface area (TPSA) is 66.9 Å². The lowest BCUT2D eigenvalue weighted by atomic mass is 10.0. The summed E-state index contributed by atoms with van der Waals surface area (Å²) in [6, 6.07) is 27.6. The Morgan fingerprint density at radius 3 is 1.74 bits per heavy atom. The van der Waals surface area contributed by atoms with Crippen molar-refractivity contribution in [1.29, 1.82) is 0 Å². The Bertz CT molecular complexity index is 1530. The zero-order valence-electron chi connectivity index (χ0n) is 20.2. The largest absolute Gasteiger partial charge is 0.487 e. The van der Waals surface area contributed by atoms with Gasteiger partial charge >= 0.3 is 6.03 Å². The SMILES string of the molecule is O=C1C(=Cc2cc(Br)cc(Br)c2OCc2ccc(Br)cc2)C(=O)N(c2ccccc2)C(=O)N1c1ccccc1. The van der Waals surface area contributed by atoms with E-state index < -0.39 is 17.8 Å². The van der Waals surface area contributed by atoms with Crippen LogP contribution in [0.3, 0.4) is 0 Å². The van der Waals surface area contributed by atoms with Crippen molar-refractivity contribution in [3.05, 3.63) is 127 Å². The average molecular weight is 711 g/mol. The molecule has 1 aliphatic heterocycles. The zero-order valence-corrected chi connectivity index (χ0v) is 24.9. The molecule has 1 aliphatic rings. The van der Waals surface area contributed by atoms with Crippen molar-refractivity contribution in [2.75, 3.05) is 9.80 Å². The molecule has 0 aromatic heterocycles. The lowest BCUT2D eigenvalue weighted by molar-refractivity contribution is -0.121. The van der Waals surface area contributed by atoms with Crippen molar-refractivity contribution in [1.82, 2.24) is 0 Å². The summed E-state index contributed by atoms with van der Waals surface area (Å²) in [5, 5.41) is 0. The van der Waals surface area contributed by atoms with Crippen LogP contribution in [-0.4, -0.2) is 17.8 Å². The highest BCUT2D eigenvalue weighted by molar-refractivity contribution is 9.11. The second-order valence-corrected chi connectivity index (χ2v) is 11.2. The Kier molecular flexibility index (Phi) is 8.11. The van der Waals surface area contributed by atoms with E-state index in [9.17, 15) is 14.4 Å². The minimum atomic E-state index is -0.748. The van der Waals surface area contributed by atoms with Crippen LogP contribution in [0.5, 0.6) is 5.75 Å². The van der Waals surface area contributed by atoms with Gasteiger partial charge in [0.05, 0.1) is 15.8 Å². The van der Waals surface area contributed by atoms with Gasteiger partial charge in [-0.3, -0.25) is 9.59 Å². The number of hydrogen-bond donors (Lipinski definition) is 0. The monoisotopic (exact) mass is 708 g/mol. The molecule has 0 saturated carbocycles. The third-order valence-corrected chi connectivity index (χ3v) is 7.49. The van der Waals surface area contributed by atoms with Crippen LogP contribution in [0.15, 0.2) is 116 Å². The van der Waals surface area contributed by atoms with Crippen molar-refractivity contribution in [2.24, 2.45) is 0 Å². The molecule has 0 atom stereocenters. The number of ether oxygens (including phenoxy) is 1. The quantitative estimate of drug-likeness (QED) is 0.150. The normalized spacial score (nSPS) is 13.6. The van der Waals surface area contributed by atoms with E-state index in [4.69, 9.17) is 4.74 Å². The minimum absolute atomic E-state index is 0.180. The van der Waals surface area contributed by atoms with Gasteiger partial charge < -0.3 is 4.74 Å². The first-order chi connectivity index (χ1) is 18.8. The Labute approximate surface area is 250 Å². The van der Waals surface area contributed by atoms with Crippen molar-refractivity contribution in [3.8, 4) is 5.75 Å². The maximum atomic E-state index is 13.7. The number of hydrogen-bond acceptors (Lipinski definition) is 4. The smallest absolute Gasteiger partial charge is 0.343 e. The van der Waals surface area contributed by atoms with E-state index in [0.29, 0.717) is 31.6 Å². The van der Waals surface area contributed by atoms with Gasteiger partial charge in [-0.2, -0.15) is 0 Å². The number of urea groups is 1. The second-order valence-electron chi connectivity index (χ2n) is 8.51. The van der Waals surface area contributed by atoms with Crippen LogP contribution >= 0.6 is 47.8 Å². The molecule has 9 heteroatoms. The third-order valence-electron chi connectivity index (χ3n) is 5.91. The highest BCUT2D eigenvalue weighted by atomic mass is 79.9. The van der Waals surface area contributed by atoms with E-state index in [1.807, 2.05) is 30.3 Å². The second kappa shape index (κ2) is 11.7. The standard InChI is InChI=1S/C30H19Br3N2O4/c31-21-13-11-19(12-14-21)18-39-27-20(15-22(32)17-26(27)33)16-25-28(36)34(23-7-3-1-4-8-23)30(38)35(29(25)37)24-9-5-2-6-10-24/h1-17H,18H2. The Hall–Kier alpha value is -3.53. The molecular formula is C30H19Br3N2O4. The van der Waals surface area contributed by atoms with Gasteiger partial charge in [-0.15, -0.1) is 0 Å². The van der Waals surface area contributed by atoms with E-state index in [1.54, 1.807) is 66.7 Å². The molecule has 4 amide bonds. The number of benzene rings is 4. The number of carbonyl (C=O) groups excluding carboxylic acids is 3. The van der Waals surface area contributed by atoms with Crippen LogP contribution in [0.1, 0.15) is 11.1 Å². The molecule has 6 nitrogen and oxygen atoms in total. The summed E-state index contributed by atoms with van der Waals surface area (Å²) >= 11 is 10.5. The predicted molar refractivity (Wildman–Crippen MR) is 162 cm³/mol. The molecule has 0 unspecified atom stereocenters. The first-order valence-corrected chi connectivity index (χ1v) is 14.1. The highest BCUT2D eigenvalue weighted by Gasteiger charge is 2.43. The molecule has 0 aliphatic carbocycles. The highest BCUT2D eigenvalue weighted by Crippen LogP contribution is 2.37. The fourth-order valence-corrected chi connectivity index (χ4v) is 5.71. The molecule has 1 fully saturated rings. The Balaban J connectivity index is 1.60. The average Bonchev–Trinajstić information content (AvgIpc) is 2.93. The minimum Gasteiger partial charge on any atom is -0.487 e. The van der Waals surface area contributed by atoms with E-state index in [0.717, 1.165) is 19.8 Å². The van der Waals surface area contributed by atoms with Gasteiger partial charge in [-0.05, 0) is 76.1 Å². The van der Waals surface area contributed by atoms with E-state index in [2.05, 4.69) is 47.8 Å². The number of carbonyl (C=O) groups is 3. The Morgan fingerprint density at radius 1 is 0.667 bits per heavy atom. The molecule has 0 bridgehead atoms. The van der Waals surface area contributed by atoms with E-state index in [-0.39, 0.29) is 12.2 Å². The van der Waals surface area contributed by atoms with Gasteiger partial charge in [0.2, 0.25) is 0 Å². The molecule has 0 radical (unpaired) electrons. The molecule has 194 valence electrons. The number of nitrogens with zero attached hydrogens (tertiary/aromatic N) is 2. The molecule has 0 spiro atoms. The van der Waals surface area contributed by atoms with Gasteiger partial charge in [0, 0.05) is 14.5 Å². The van der Waals surface area contributed by atoms with Crippen molar-refractivity contribution < 1.29 is 19.1 Å². The number of anilines is 2. The van der Waals surface area contributed by atoms with Gasteiger partial charge in [0.25, 0.3) is 11.8 Å². The molecule has 0 N–H and O–H groups in total. The van der Waals surface area contributed by atoms with Gasteiger partial charge in [0.15, 0.2) is 0 Å². The Morgan fingerprint density at radius 2 is 1.21 bits per heavy atom. The zero-order chi connectivity index (χ0) is 27.5. The van der Waals surface area contributed by atoms with Crippen LogP contribution in [0.2, 0.25) is 0 Å². The van der Waals surface area contributed by atoms with Gasteiger partial charge in [0.1, 0.15) is 17.9 Å². The summed E-state index contributed by atoms with van der Waals surface area (Å²) in [5.41, 5.74) is 1.96. The summed E-state index contributed by atoms with van der Waals surface area (Å²) < 4.78 is 8.46. The van der Waals surface area contributed by atoms with Gasteiger partial charge in [-0.25, -0.2) is 14.6 Å². The maximum absolute atomic E-state index is 13.7. The first kappa shape index (κ1) is 27.1. The lowest BCUT2D eigenvalue weighted by Crippen LogP contribution is -2.57. The summed E-state index contributed by atoms with van der Waals surface area (Å²) in [4.78, 5) is 43.0. The molecule has 4 aromatic carbocycles. The van der Waals surface area contributed by atoms with Crippen LogP contribution in [0.4, 0.5) is 16.2 Å². The number of para-hydroxylation sites is 2. The number of barbiturate groups is 1. The van der Waals surface area contributed by atoms with Crippen LogP contribution in [0, 0.1) is 0 Å². The molecule has 1 heterocycles. The van der Waals surface area contributed by atoms with Crippen LogP contribution in [0.25, 0.3) is 6.08 Å². The molecule has 5 rings (SSSR count). The lowest BCUT2D eigenvalue weighted by Gasteiger charge is -2.34. The fraction of sp³-hybridized carbons (Fsp3) is 0.0333. The predicted octanol–water partition coefficient (Wildman–Crippen LogP) is 8.14. The number of halogens is 3. The van der Waals surface area contributed by atoms with Crippen LogP contribution in [-0.2, 0) is 16.2 Å².